The molecule has 0 amide bonds. The Bertz CT molecular complexity index is 575. The molecule has 2 unspecified atom stereocenters. The molecule has 0 spiro atoms. The number of hydrogen-bond donors (Lipinski definition) is 1. The summed E-state index contributed by atoms with van der Waals surface area (Å²) in [6.07, 6.45) is 0.826. The summed E-state index contributed by atoms with van der Waals surface area (Å²) < 4.78 is 15.5. The molecule has 0 aliphatic rings. The minimum atomic E-state index is -1.09. The van der Waals surface area contributed by atoms with Gasteiger partial charge in [-0.05, 0) is 38.3 Å². The van der Waals surface area contributed by atoms with Crippen molar-refractivity contribution in [1.82, 2.24) is 4.72 Å². The lowest BCUT2D eigenvalue weighted by Crippen LogP contribution is -2.36. The van der Waals surface area contributed by atoms with Gasteiger partial charge in [-0.3, -0.25) is 0 Å². The fourth-order valence-electron chi connectivity index (χ4n) is 2.07. The lowest BCUT2D eigenvalue weighted by molar-refractivity contribution is 0.597. The Labute approximate surface area is 130 Å². The van der Waals surface area contributed by atoms with Crippen molar-refractivity contribution in [1.29, 1.82) is 0 Å². The maximum Gasteiger partial charge on any atom is 0.0976 e. The van der Waals surface area contributed by atoms with Gasteiger partial charge in [-0.2, -0.15) is 0 Å². The summed E-state index contributed by atoms with van der Waals surface area (Å²) in [5.41, 5.74) is 2.41. The second kappa shape index (κ2) is 7.01. The van der Waals surface area contributed by atoms with Crippen molar-refractivity contribution in [2.45, 2.75) is 38.0 Å². The van der Waals surface area contributed by atoms with Gasteiger partial charge in [-0.15, -0.1) is 0 Å². The Hall–Kier alpha value is -1.45. The van der Waals surface area contributed by atoms with E-state index in [4.69, 9.17) is 0 Å². The van der Waals surface area contributed by atoms with Crippen LogP contribution in [0.4, 0.5) is 0 Å². The maximum absolute atomic E-state index is 12.4. The summed E-state index contributed by atoms with van der Waals surface area (Å²) in [7, 11) is -1.09. The van der Waals surface area contributed by atoms with E-state index in [-0.39, 0.29) is 10.8 Å². The molecule has 0 bridgehead atoms. The molecular formula is C18H23NOS. The van der Waals surface area contributed by atoms with E-state index in [1.165, 1.54) is 11.1 Å². The molecular weight excluding hydrogens is 278 g/mol. The SMILES string of the molecule is CC(C)(C)S(=O)NC(Cc1ccccc1)c1ccccc1. The Morgan fingerprint density at radius 1 is 0.952 bits per heavy atom. The third-order valence-electron chi connectivity index (χ3n) is 3.29. The van der Waals surface area contributed by atoms with Gasteiger partial charge in [0.25, 0.3) is 0 Å². The molecule has 0 aliphatic heterocycles. The summed E-state index contributed by atoms with van der Waals surface area (Å²) in [5, 5.41) is 0. The predicted octanol–water partition coefficient (Wildman–Crippen LogP) is 4.02. The predicted molar refractivity (Wildman–Crippen MR) is 90.4 cm³/mol. The van der Waals surface area contributed by atoms with Crippen LogP contribution < -0.4 is 4.72 Å². The summed E-state index contributed by atoms with van der Waals surface area (Å²) in [5.74, 6) is 0. The molecule has 21 heavy (non-hydrogen) atoms. The van der Waals surface area contributed by atoms with Crippen LogP contribution in [0.25, 0.3) is 0 Å². The van der Waals surface area contributed by atoms with Crippen LogP contribution in [0.15, 0.2) is 60.7 Å². The zero-order valence-electron chi connectivity index (χ0n) is 12.9. The van der Waals surface area contributed by atoms with Gasteiger partial charge in [0.05, 0.1) is 15.7 Å². The molecule has 0 radical (unpaired) electrons. The van der Waals surface area contributed by atoms with E-state index >= 15 is 0 Å². The Morgan fingerprint density at radius 2 is 1.48 bits per heavy atom. The minimum absolute atomic E-state index is 0.0497. The van der Waals surface area contributed by atoms with Crippen LogP contribution in [-0.2, 0) is 17.4 Å². The highest BCUT2D eigenvalue weighted by atomic mass is 32.2. The number of benzene rings is 2. The van der Waals surface area contributed by atoms with Crippen molar-refractivity contribution in [2.24, 2.45) is 0 Å². The molecule has 1 N–H and O–H groups in total. The van der Waals surface area contributed by atoms with Crippen molar-refractivity contribution >= 4 is 11.0 Å². The van der Waals surface area contributed by atoms with Crippen molar-refractivity contribution in [3.05, 3.63) is 71.8 Å². The molecule has 0 saturated carbocycles. The van der Waals surface area contributed by atoms with Crippen LogP contribution in [0.3, 0.4) is 0 Å². The highest BCUT2D eigenvalue weighted by Gasteiger charge is 2.23. The molecule has 2 nitrogen and oxygen atoms in total. The van der Waals surface area contributed by atoms with Gasteiger partial charge in [-0.1, -0.05) is 60.7 Å². The Balaban J connectivity index is 2.21. The van der Waals surface area contributed by atoms with Gasteiger partial charge >= 0.3 is 0 Å². The van der Waals surface area contributed by atoms with E-state index in [1.54, 1.807) is 0 Å². The van der Waals surface area contributed by atoms with E-state index in [0.29, 0.717) is 0 Å². The second-order valence-corrected chi connectivity index (χ2v) is 8.15. The normalized spacial score (nSPS) is 14.6. The summed E-state index contributed by atoms with van der Waals surface area (Å²) in [4.78, 5) is 0. The standard InChI is InChI=1S/C18H23NOS/c1-18(2,3)21(20)19-17(16-12-8-5-9-13-16)14-15-10-6-4-7-11-15/h4-13,17,19H,14H2,1-3H3. The lowest BCUT2D eigenvalue weighted by Gasteiger charge is -2.24. The van der Waals surface area contributed by atoms with E-state index < -0.39 is 11.0 Å². The minimum Gasteiger partial charge on any atom is -0.242 e. The lowest BCUT2D eigenvalue weighted by atomic mass is 10.00. The number of rotatable bonds is 5. The Kier molecular flexibility index (Phi) is 5.32. The molecule has 2 atom stereocenters. The summed E-state index contributed by atoms with van der Waals surface area (Å²) in [6.45, 7) is 5.96. The van der Waals surface area contributed by atoms with E-state index in [2.05, 4.69) is 29.0 Å². The first-order chi connectivity index (χ1) is 9.97. The van der Waals surface area contributed by atoms with Crippen LogP contribution >= 0.6 is 0 Å². The molecule has 0 saturated heterocycles. The molecule has 0 aliphatic carbocycles. The zero-order chi connectivity index (χ0) is 15.3. The van der Waals surface area contributed by atoms with E-state index in [1.807, 2.05) is 57.2 Å². The van der Waals surface area contributed by atoms with Crippen molar-refractivity contribution in [2.75, 3.05) is 0 Å². The molecule has 112 valence electrons. The van der Waals surface area contributed by atoms with Gasteiger partial charge in [-0.25, -0.2) is 8.93 Å². The van der Waals surface area contributed by atoms with Gasteiger partial charge in [0.15, 0.2) is 0 Å². The fraction of sp³-hybridized carbons (Fsp3) is 0.333. The van der Waals surface area contributed by atoms with Crippen LogP contribution in [0, 0.1) is 0 Å². The van der Waals surface area contributed by atoms with Gasteiger partial charge in [0.1, 0.15) is 0 Å². The maximum atomic E-state index is 12.4. The topological polar surface area (TPSA) is 29.1 Å². The zero-order valence-corrected chi connectivity index (χ0v) is 13.7. The van der Waals surface area contributed by atoms with Crippen molar-refractivity contribution in [3.8, 4) is 0 Å². The van der Waals surface area contributed by atoms with Gasteiger partial charge < -0.3 is 0 Å². The average molecular weight is 301 g/mol. The van der Waals surface area contributed by atoms with Crippen LogP contribution in [0.2, 0.25) is 0 Å². The fourth-order valence-corrected chi connectivity index (χ4v) is 2.90. The van der Waals surface area contributed by atoms with E-state index in [0.717, 1.165) is 6.42 Å². The molecule has 0 heterocycles. The van der Waals surface area contributed by atoms with Crippen molar-refractivity contribution in [3.63, 3.8) is 0 Å². The highest BCUT2D eigenvalue weighted by molar-refractivity contribution is 7.84. The van der Waals surface area contributed by atoms with Crippen LogP contribution in [-0.4, -0.2) is 8.96 Å². The van der Waals surface area contributed by atoms with Gasteiger partial charge in [0, 0.05) is 6.04 Å². The molecule has 0 fully saturated rings. The number of hydrogen-bond acceptors (Lipinski definition) is 1. The van der Waals surface area contributed by atoms with Crippen LogP contribution in [0.5, 0.6) is 0 Å². The first-order valence-electron chi connectivity index (χ1n) is 7.24. The second-order valence-electron chi connectivity index (χ2n) is 6.15. The van der Waals surface area contributed by atoms with Crippen molar-refractivity contribution < 1.29 is 4.21 Å². The number of nitrogens with one attached hydrogen (secondary N) is 1. The van der Waals surface area contributed by atoms with Crippen LogP contribution in [0.1, 0.15) is 37.9 Å². The van der Waals surface area contributed by atoms with Gasteiger partial charge in [0.2, 0.25) is 0 Å². The average Bonchev–Trinajstić information content (AvgIpc) is 2.47. The molecule has 0 aromatic heterocycles. The first kappa shape index (κ1) is 15.9. The summed E-state index contributed by atoms with van der Waals surface area (Å²) in [6, 6.07) is 20.6. The molecule has 2 rings (SSSR count). The third-order valence-corrected chi connectivity index (χ3v) is 4.90. The largest absolute Gasteiger partial charge is 0.242 e. The summed E-state index contributed by atoms with van der Waals surface area (Å²) >= 11 is 0. The molecule has 2 aromatic carbocycles. The first-order valence-corrected chi connectivity index (χ1v) is 8.39. The monoisotopic (exact) mass is 301 g/mol. The molecule has 3 heteroatoms. The van der Waals surface area contributed by atoms with E-state index in [9.17, 15) is 4.21 Å². The Morgan fingerprint density at radius 3 is 2.00 bits per heavy atom. The smallest absolute Gasteiger partial charge is 0.0976 e. The highest BCUT2D eigenvalue weighted by Crippen LogP contribution is 2.21. The third kappa shape index (κ3) is 4.80. The molecule has 2 aromatic rings. The quantitative estimate of drug-likeness (QED) is 0.888.